The largest absolute Gasteiger partial charge is 0.248 e. The van der Waals surface area contributed by atoms with Crippen LogP contribution < -0.4 is 0 Å². The first-order valence-electron chi connectivity index (χ1n) is 8.04. The zero-order chi connectivity index (χ0) is 13.7. The van der Waals surface area contributed by atoms with Gasteiger partial charge in [-0.1, -0.05) is 5.21 Å². The average molecular weight is 270 g/mol. The second kappa shape index (κ2) is 4.31. The van der Waals surface area contributed by atoms with Crippen molar-refractivity contribution in [1.82, 2.24) is 15.0 Å². The van der Waals surface area contributed by atoms with Crippen LogP contribution in [0.25, 0.3) is 0 Å². The van der Waals surface area contributed by atoms with E-state index < -0.39 is 0 Å². The summed E-state index contributed by atoms with van der Waals surface area (Å²) in [5.41, 5.74) is 2.11. The molecule has 0 amide bonds. The first-order valence-corrected chi connectivity index (χ1v) is 8.04. The molecule has 4 nitrogen and oxygen atoms in total. The van der Waals surface area contributed by atoms with E-state index in [0.29, 0.717) is 11.1 Å². The topological polar surface area (TPSA) is 54.5 Å². The van der Waals surface area contributed by atoms with Gasteiger partial charge in [0.05, 0.1) is 5.69 Å². The zero-order valence-electron chi connectivity index (χ0n) is 12.2. The van der Waals surface area contributed by atoms with Gasteiger partial charge in [-0.25, -0.2) is 4.68 Å². The molecule has 0 aliphatic heterocycles. The smallest absolute Gasteiger partial charge is 0.185 e. The number of nitriles is 1. The van der Waals surface area contributed by atoms with Crippen LogP contribution in [0.5, 0.6) is 0 Å². The van der Waals surface area contributed by atoms with Crippen molar-refractivity contribution in [3.05, 3.63) is 11.4 Å². The summed E-state index contributed by atoms with van der Waals surface area (Å²) in [7, 11) is 0. The number of hydrogen-bond donors (Lipinski definition) is 0. The lowest BCUT2D eigenvalue weighted by Crippen LogP contribution is -2.47. The monoisotopic (exact) mass is 270 g/mol. The number of rotatable bonds is 3. The molecule has 0 spiro atoms. The number of aryl methyl sites for hydroxylation is 1. The van der Waals surface area contributed by atoms with E-state index in [4.69, 9.17) is 0 Å². The van der Waals surface area contributed by atoms with Crippen molar-refractivity contribution in [1.29, 1.82) is 5.26 Å². The maximum Gasteiger partial charge on any atom is 0.185 e. The molecule has 4 bridgehead atoms. The van der Waals surface area contributed by atoms with E-state index in [2.05, 4.69) is 23.3 Å². The first-order chi connectivity index (χ1) is 9.71. The quantitative estimate of drug-likeness (QED) is 0.848. The minimum absolute atomic E-state index is 0.453. The molecule has 1 aromatic rings. The van der Waals surface area contributed by atoms with E-state index in [1.54, 1.807) is 0 Å². The number of aromatic nitrogens is 3. The highest BCUT2D eigenvalue weighted by Gasteiger charge is 2.51. The van der Waals surface area contributed by atoms with Gasteiger partial charge in [0.1, 0.15) is 6.07 Å². The molecule has 4 fully saturated rings. The van der Waals surface area contributed by atoms with E-state index in [1.807, 2.05) is 4.68 Å². The highest BCUT2D eigenvalue weighted by Crippen LogP contribution is 2.61. The maximum atomic E-state index is 9.27. The third-order valence-corrected chi connectivity index (χ3v) is 5.95. The van der Waals surface area contributed by atoms with Crippen LogP contribution in [0.4, 0.5) is 0 Å². The lowest BCUT2D eigenvalue weighted by Gasteiger charge is -2.57. The van der Waals surface area contributed by atoms with E-state index in [-0.39, 0.29) is 0 Å². The zero-order valence-corrected chi connectivity index (χ0v) is 12.2. The molecule has 1 aromatic heterocycles. The van der Waals surface area contributed by atoms with Crippen LogP contribution in [0, 0.1) is 34.5 Å². The molecule has 5 rings (SSSR count). The third-order valence-electron chi connectivity index (χ3n) is 5.95. The number of hydrogen-bond acceptors (Lipinski definition) is 3. The maximum absolute atomic E-state index is 9.27. The van der Waals surface area contributed by atoms with Crippen LogP contribution in [0.3, 0.4) is 0 Å². The van der Waals surface area contributed by atoms with Gasteiger partial charge >= 0.3 is 0 Å². The van der Waals surface area contributed by atoms with Gasteiger partial charge in [0.15, 0.2) is 5.69 Å². The summed E-state index contributed by atoms with van der Waals surface area (Å²) in [5.74, 6) is 2.87. The molecule has 4 aliphatic carbocycles. The van der Waals surface area contributed by atoms with Crippen LogP contribution >= 0.6 is 0 Å². The summed E-state index contributed by atoms with van der Waals surface area (Å²) in [6, 6.07) is 2.24. The molecule has 4 aliphatic rings. The molecule has 0 atom stereocenters. The molecule has 106 valence electrons. The molecule has 0 radical (unpaired) electrons. The summed E-state index contributed by atoms with van der Waals surface area (Å²) < 4.78 is 1.94. The van der Waals surface area contributed by atoms with Gasteiger partial charge in [-0.2, -0.15) is 5.26 Å². The van der Waals surface area contributed by atoms with Crippen LogP contribution in [0.1, 0.15) is 56.8 Å². The summed E-state index contributed by atoms with van der Waals surface area (Å²) in [4.78, 5) is 0. The van der Waals surface area contributed by atoms with Crippen molar-refractivity contribution in [3.63, 3.8) is 0 Å². The van der Waals surface area contributed by atoms with Crippen LogP contribution in [-0.2, 0) is 13.0 Å². The fourth-order valence-electron chi connectivity index (χ4n) is 5.71. The Morgan fingerprint density at radius 3 is 2.30 bits per heavy atom. The van der Waals surface area contributed by atoms with Crippen molar-refractivity contribution in [2.24, 2.45) is 23.2 Å². The van der Waals surface area contributed by atoms with Gasteiger partial charge in [-0.15, -0.1) is 5.10 Å². The summed E-state index contributed by atoms with van der Waals surface area (Å²) in [6.07, 6.45) is 9.55. The Bertz CT molecular complexity index is 530. The van der Waals surface area contributed by atoms with Gasteiger partial charge in [0, 0.05) is 6.54 Å². The first kappa shape index (κ1) is 12.4. The molecular weight excluding hydrogens is 248 g/mol. The van der Waals surface area contributed by atoms with Gasteiger partial charge < -0.3 is 0 Å². The Kier molecular flexibility index (Phi) is 2.67. The van der Waals surface area contributed by atoms with Crippen molar-refractivity contribution in [3.8, 4) is 6.07 Å². The molecule has 0 aromatic carbocycles. The normalized spacial score (nSPS) is 38.1. The molecule has 0 N–H and O–H groups in total. The van der Waals surface area contributed by atoms with E-state index >= 15 is 0 Å². The van der Waals surface area contributed by atoms with Crippen LogP contribution in [-0.4, -0.2) is 15.0 Å². The van der Waals surface area contributed by atoms with Crippen molar-refractivity contribution in [2.45, 2.75) is 58.4 Å². The van der Waals surface area contributed by atoms with Crippen LogP contribution in [0.15, 0.2) is 0 Å². The standard InChI is InChI=1S/C16H22N4/c1-2-20-15(14(10-17)18-19-20)9-16-6-11-3-12(7-16)5-13(4-11)8-16/h11-13H,2-9H2,1H3. The average Bonchev–Trinajstić information content (AvgIpc) is 2.78. The second-order valence-corrected chi connectivity index (χ2v) is 7.41. The minimum atomic E-state index is 0.453. The predicted molar refractivity (Wildman–Crippen MR) is 74.7 cm³/mol. The Hall–Kier alpha value is -1.37. The Morgan fingerprint density at radius 1 is 1.20 bits per heavy atom. The highest BCUT2D eigenvalue weighted by molar-refractivity contribution is 5.26. The lowest BCUT2D eigenvalue weighted by molar-refractivity contribution is -0.0531. The van der Waals surface area contributed by atoms with Gasteiger partial charge in [-0.05, 0) is 75.0 Å². The summed E-state index contributed by atoms with van der Waals surface area (Å²) in [5, 5.41) is 17.5. The van der Waals surface area contributed by atoms with Crippen molar-refractivity contribution >= 4 is 0 Å². The highest BCUT2D eigenvalue weighted by atomic mass is 15.4. The Labute approximate surface area is 120 Å². The van der Waals surface area contributed by atoms with E-state index in [9.17, 15) is 5.26 Å². The lowest BCUT2D eigenvalue weighted by atomic mass is 9.48. The molecule has 4 heteroatoms. The predicted octanol–water partition coefficient (Wildman–Crippen LogP) is 2.93. The van der Waals surface area contributed by atoms with Gasteiger partial charge in [0.25, 0.3) is 0 Å². The number of nitrogens with zero attached hydrogens (tertiary/aromatic N) is 4. The van der Waals surface area contributed by atoms with Crippen molar-refractivity contribution < 1.29 is 0 Å². The molecule has 0 saturated heterocycles. The SMILES string of the molecule is CCn1nnc(C#N)c1CC12CC3CC(CC(C3)C1)C2. The molecule has 0 unspecified atom stereocenters. The fourth-order valence-corrected chi connectivity index (χ4v) is 5.71. The summed E-state index contributed by atoms with van der Waals surface area (Å²) >= 11 is 0. The van der Waals surface area contributed by atoms with Gasteiger partial charge in [-0.3, -0.25) is 0 Å². The minimum Gasteiger partial charge on any atom is -0.248 e. The van der Waals surface area contributed by atoms with Crippen molar-refractivity contribution in [2.75, 3.05) is 0 Å². The fraction of sp³-hybridized carbons (Fsp3) is 0.812. The third kappa shape index (κ3) is 1.79. The second-order valence-electron chi connectivity index (χ2n) is 7.41. The van der Waals surface area contributed by atoms with Gasteiger partial charge in [0.2, 0.25) is 0 Å². The van der Waals surface area contributed by atoms with Crippen LogP contribution in [0.2, 0.25) is 0 Å². The molecular formula is C16H22N4. The Morgan fingerprint density at radius 2 is 1.80 bits per heavy atom. The van der Waals surface area contributed by atoms with E-state index in [0.717, 1.165) is 36.4 Å². The molecule has 20 heavy (non-hydrogen) atoms. The summed E-state index contributed by atoms with van der Waals surface area (Å²) in [6.45, 7) is 2.90. The van der Waals surface area contributed by atoms with E-state index in [1.165, 1.54) is 38.5 Å². The molecule has 1 heterocycles. The Balaban J connectivity index is 1.66. The molecule has 4 saturated carbocycles.